The zero-order valence-corrected chi connectivity index (χ0v) is 35.2. The van der Waals surface area contributed by atoms with Crippen LogP contribution in [-0.2, 0) is 5.41 Å². The summed E-state index contributed by atoms with van der Waals surface area (Å²) in [6, 6.07) is 79.1. The number of aromatic nitrogens is 2. The summed E-state index contributed by atoms with van der Waals surface area (Å²) in [7, 11) is 0. The molecule has 0 saturated heterocycles. The molecule has 0 aliphatic heterocycles. The Balaban J connectivity index is 0.989. The van der Waals surface area contributed by atoms with Crippen LogP contribution in [0.2, 0.25) is 0 Å². The van der Waals surface area contributed by atoms with Crippen LogP contribution in [0.3, 0.4) is 0 Å². The third-order valence-corrected chi connectivity index (χ3v) is 13.3. The molecule has 0 N–H and O–H groups in total. The van der Waals surface area contributed by atoms with Crippen LogP contribution < -0.4 is 0 Å². The molecule has 0 fully saturated rings. The zero-order valence-electron chi connectivity index (χ0n) is 35.2. The molecule has 10 aromatic carbocycles. The molecule has 296 valence electrons. The number of nitrogens with zero attached hydrogens (tertiary/aromatic N) is 2. The van der Waals surface area contributed by atoms with Crippen LogP contribution in [-0.4, -0.2) is 9.97 Å². The molecule has 1 aliphatic carbocycles. The smallest absolute Gasteiger partial charge is 0.160 e. The summed E-state index contributed by atoms with van der Waals surface area (Å²) in [5.41, 5.74) is 17.5. The van der Waals surface area contributed by atoms with Crippen LogP contribution in [0.25, 0.3) is 111 Å². The van der Waals surface area contributed by atoms with Crippen LogP contribution in [0.1, 0.15) is 25.0 Å². The highest BCUT2D eigenvalue weighted by Gasteiger charge is 2.35. The number of fused-ring (bicyclic) bond motifs is 6. The second-order valence-corrected chi connectivity index (χ2v) is 17.3. The minimum atomic E-state index is -0.0633. The lowest BCUT2D eigenvalue weighted by Crippen LogP contribution is -2.14. The van der Waals surface area contributed by atoms with Crippen molar-refractivity contribution in [1.29, 1.82) is 0 Å². The highest BCUT2D eigenvalue weighted by molar-refractivity contribution is 6.12. The van der Waals surface area contributed by atoms with Crippen molar-refractivity contribution in [3.8, 4) is 78.4 Å². The quantitative estimate of drug-likeness (QED) is 0.167. The summed E-state index contributed by atoms with van der Waals surface area (Å²) in [6.07, 6.45) is 0. The first-order valence-corrected chi connectivity index (χ1v) is 21.8. The van der Waals surface area contributed by atoms with Gasteiger partial charge in [-0.05, 0) is 106 Å². The SMILES string of the molecule is CC1(C)c2ccccc2-c2ccc(-c3ccc(-c4ccc(-c5cc(-c6cccc(-c7cccc8ccccc78)c6)nc(-c6ccccc6)n5)c5ccccc45)c4ccccc34)cc21. The summed E-state index contributed by atoms with van der Waals surface area (Å²) < 4.78 is 0. The third kappa shape index (κ3) is 6.09. The largest absolute Gasteiger partial charge is 0.228 e. The Morgan fingerprint density at radius 3 is 1.54 bits per heavy atom. The summed E-state index contributed by atoms with van der Waals surface area (Å²) >= 11 is 0. The van der Waals surface area contributed by atoms with Gasteiger partial charge in [-0.2, -0.15) is 0 Å². The Bertz CT molecular complexity index is 3590. The molecule has 0 bridgehead atoms. The van der Waals surface area contributed by atoms with Gasteiger partial charge in [0.25, 0.3) is 0 Å². The molecule has 12 rings (SSSR count). The van der Waals surface area contributed by atoms with E-state index >= 15 is 0 Å². The predicted molar refractivity (Wildman–Crippen MR) is 265 cm³/mol. The van der Waals surface area contributed by atoms with E-state index < -0.39 is 0 Å². The molecule has 1 aliphatic rings. The lowest BCUT2D eigenvalue weighted by molar-refractivity contribution is 0.660. The van der Waals surface area contributed by atoms with E-state index in [1.54, 1.807) is 0 Å². The number of benzene rings is 10. The highest BCUT2D eigenvalue weighted by atomic mass is 14.9. The van der Waals surface area contributed by atoms with E-state index in [0.29, 0.717) is 5.82 Å². The number of hydrogen-bond donors (Lipinski definition) is 0. The Morgan fingerprint density at radius 1 is 0.286 bits per heavy atom. The predicted octanol–water partition coefficient (Wildman–Crippen LogP) is 16.2. The van der Waals surface area contributed by atoms with Crippen molar-refractivity contribution >= 4 is 32.3 Å². The van der Waals surface area contributed by atoms with Gasteiger partial charge in [-0.1, -0.05) is 214 Å². The van der Waals surface area contributed by atoms with Crippen molar-refractivity contribution in [2.24, 2.45) is 0 Å². The maximum absolute atomic E-state index is 5.31. The molecule has 1 heterocycles. The molecule has 0 saturated carbocycles. The summed E-state index contributed by atoms with van der Waals surface area (Å²) in [5.74, 6) is 0.701. The van der Waals surface area contributed by atoms with Gasteiger partial charge in [0.05, 0.1) is 11.4 Å². The van der Waals surface area contributed by atoms with Gasteiger partial charge in [-0.25, -0.2) is 9.97 Å². The van der Waals surface area contributed by atoms with Crippen molar-refractivity contribution in [3.63, 3.8) is 0 Å². The van der Waals surface area contributed by atoms with Crippen molar-refractivity contribution in [3.05, 3.63) is 230 Å². The molecule has 2 heteroatoms. The molecule has 0 amide bonds. The Morgan fingerprint density at radius 2 is 0.762 bits per heavy atom. The molecule has 0 spiro atoms. The third-order valence-electron chi connectivity index (χ3n) is 13.3. The molecule has 0 unspecified atom stereocenters. The van der Waals surface area contributed by atoms with Gasteiger partial charge in [0, 0.05) is 22.1 Å². The van der Waals surface area contributed by atoms with Crippen LogP contribution in [0.4, 0.5) is 0 Å². The van der Waals surface area contributed by atoms with Crippen LogP contribution >= 0.6 is 0 Å². The Hall–Kier alpha value is -7.94. The van der Waals surface area contributed by atoms with Gasteiger partial charge in [-0.3, -0.25) is 0 Å². The van der Waals surface area contributed by atoms with E-state index in [2.05, 4.69) is 226 Å². The monoisotopic (exact) mass is 802 g/mol. The number of hydrogen-bond acceptors (Lipinski definition) is 2. The van der Waals surface area contributed by atoms with Gasteiger partial charge in [-0.15, -0.1) is 0 Å². The standard InChI is InChI=1S/C61H42N2/c1-61(2)56-29-13-12-27-53(56)54-31-30-42(37-57(54)61)46-32-33-51(48-24-9-8-23-47(46)48)52-34-35-55(50-26-11-10-25-49(50)52)59-38-58(62-60(63-59)40-17-4-3-5-18-40)43-21-14-20-41(36-43)45-28-15-19-39-16-6-7-22-44(39)45/h3-38H,1-2H3. The zero-order chi connectivity index (χ0) is 42.1. The van der Waals surface area contributed by atoms with Crippen molar-refractivity contribution in [1.82, 2.24) is 9.97 Å². The van der Waals surface area contributed by atoms with E-state index in [1.165, 1.54) is 77.0 Å². The van der Waals surface area contributed by atoms with E-state index in [-0.39, 0.29) is 5.41 Å². The van der Waals surface area contributed by atoms with Gasteiger partial charge in [0.2, 0.25) is 0 Å². The fourth-order valence-electron chi connectivity index (χ4n) is 10.2. The van der Waals surface area contributed by atoms with E-state index in [4.69, 9.17) is 9.97 Å². The first kappa shape index (κ1) is 36.9. The normalized spacial score (nSPS) is 12.7. The van der Waals surface area contributed by atoms with Gasteiger partial charge >= 0.3 is 0 Å². The van der Waals surface area contributed by atoms with Gasteiger partial charge in [0.1, 0.15) is 0 Å². The van der Waals surface area contributed by atoms with Crippen LogP contribution in [0.5, 0.6) is 0 Å². The maximum atomic E-state index is 5.31. The van der Waals surface area contributed by atoms with Gasteiger partial charge < -0.3 is 0 Å². The molecule has 63 heavy (non-hydrogen) atoms. The topological polar surface area (TPSA) is 25.8 Å². The number of rotatable bonds is 6. The molecule has 11 aromatic rings. The molecule has 0 radical (unpaired) electrons. The molecule has 0 atom stereocenters. The average molecular weight is 803 g/mol. The average Bonchev–Trinajstić information content (AvgIpc) is 3.58. The summed E-state index contributed by atoms with van der Waals surface area (Å²) in [5, 5.41) is 7.28. The van der Waals surface area contributed by atoms with Gasteiger partial charge in [0.15, 0.2) is 5.82 Å². The van der Waals surface area contributed by atoms with Crippen LogP contribution in [0, 0.1) is 0 Å². The van der Waals surface area contributed by atoms with Crippen molar-refractivity contribution < 1.29 is 0 Å². The minimum absolute atomic E-state index is 0.0633. The molecule has 1 aromatic heterocycles. The molecular formula is C61H42N2. The highest BCUT2D eigenvalue weighted by Crippen LogP contribution is 2.50. The Kier molecular flexibility index (Phi) is 8.55. The first-order chi connectivity index (χ1) is 31.0. The van der Waals surface area contributed by atoms with Crippen LogP contribution in [0.15, 0.2) is 218 Å². The van der Waals surface area contributed by atoms with E-state index in [0.717, 1.165) is 39.0 Å². The summed E-state index contributed by atoms with van der Waals surface area (Å²) in [6.45, 7) is 4.71. The second-order valence-electron chi connectivity index (χ2n) is 17.3. The second kappa shape index (κ2) is 14.6. The fraction of sp³-hybridized carbons (Fsp3) is 0.0492. The van der Waals surface area contributed by atoms with Crippen molar-refractivity contribution in [2.45, 2.75) is 19.3 Å². The lowest BCUT2D eigenvalue weighted by Gasteiger charge is -2.22. The lowest BCUT2D eigenvalue weighted by atomic mass is 9.81. The van der Waals surface area contributed by atoms with E-state index in [9.17, 15) is 0 Å². The first-order valence-electron chi connectivity index (χ1n) is 21.8. The molecular weight excluding hydrogens is 761 g/mol. The molecule has 2 nitrogen and oxygen atoms in total. The maximum Gasteiger partial charge on any atom is 0.160 e. The minimum Gasteiger partial charge on any atom is -0.228 e. The fourth-order valence-corrected chi connectivity index (χ4v) is 10.2. The van der Waals surface area contributed by atoms with Crippen molar-refractivity contribution in [2.75, 3.05) is 0 Å². The van der Waals surface area contributed by atoms with E-state index in [1.807, 2.05) is 6.07 Å². The Labute approximate surface area is 367 Å². The summed E-state index contributed by atoms with van der Waals surface area (Å²) in [4.78, 5) is 10.5.